The third kappa shape index (κ3) is 2.73. The van der Waals surface area contributed by atoms with Crippen molar-refractivity contribution in [2.45, 2.75) is 6.92 Å². The van der Waals surface area contributed by atoms with Crippen LogP contribution in [-0.4, -0.2) is 6.79 Å². The summed E-state index contributed by atoms with van der Waals surface area (Å²) >= 11 is 0. The molecular formula is C22H16O2. The van der Waals surface area contributed by atoms with Crippen molar-refractivity contribution in [3.05, 3.63) is 83.4 Å². The molecule has 1 aliphatic rings. The van der Waals surface area contributed by atoms with E-state index in [1.54, 1.807) is 0 Å². The van der Waals surface area contributed by atoms with Crippen molar-refractivity contribution in [1.82, 2.24) is 0 Å². The Kier molecular flexibility index (Phi) is 3.69. The van der Waals surface area contributed by atoms with Gasteiger partial charge in [-0.05, 0) is 48.4 Å². The molecule has 0 N–H and O–H groups in total. The smallest absolute Gasteiger partial charge is 0.231 e. The maximum Gasteiger partial charge on any atom is 0.231 e. The number of aryl methyl sites for hydroxylation is 1. The van der Waals surface area contributed by atoms with Crippen LogP contribution in [0, 0.1) is 18.8 Å². The first-order valence-electron chi connectivity index (χ1n) is 7.88. The lowest BCUT2D eigenvalue weighted by atomic mass is 9.95. The van der Waals surface area contributed by atoms with E-state index in [1.165, 1.54) is 5.56 Å². The quantitative estimate of drug-likeness (QED) is 0.601. The second-order valence-electron chi connectivity index (χ2n) is 5.68. The number of rotatable bonds is 1. The van der Waals surface area contributed by atoms with Gasteiger partial charge in [-0.25, -0.2) is 0 Å². The van der Waals surface area contributed by atoms with Crippen LogP contribution in [0.25, 0.3) is 11.1 Å². The average molecular weight is 312 g/mol. The summed E-state index contributed by atoms with van der Waals surface area (Å²) in [6, 6.07) is 22.3. The minimum absolute atomic E-state index is 0.285. The normalized spacial score (nSPS) is 11.7. The lowest BCUT2D eigenvalue weighted by molar-refractivity contribution is 0.174. The first kappa shape index (κ1) is 14.4. The van der Waals surface area contributed by atoms with Crippen LogP contribution >= 0.6 is 0 Å². The maximum atomic E-state index is 5.51. The highest BCUT2D eigenvalue weighted by Crippen LogP contribution is 2.37. The largest absolute Gasteiger partial charge is 0.454 e. The molecule has 24 heavy (non-hydrogen) atoms. The molecule has 2 heteroatoms. The summed E-state index contributed by atoms with van der Waals surface area (Å²) in [6.45, 7) is 2.39. The van der Waals surface area contributed by atoms with Gasteiger partial charge in [0.15, 0.2) is 11.5 Å². The van der Waals surface area contributed by atoms with Crippen molar-refractivity contribution in [2.75, 3.05) is 6.79 Å². The van der Waals surface area contributed by atoms with Gasteiger partial charge in [-0.1, -0.05) is 48.2 Å². The van der Waals surface area contributed by atoms with Gasteiger partial charge in [0.05, 0.1) is 0 Å². The first-order valence-corrected chi connectivity index (χ1v) is 7.88. The Balaban J connectivity index is 1.80. The minimum atomic E-state index is 0.285. The Morgan fingerprint density at radius 3 is 2.50 bits per heavy atom. The minimum Gasteiger partial charge on any atom is -0.454 e. The molecule has 0 fully saturated rings. The van der Waals surface area contributed by atoms with Crippen LogP contribution in [-0.2, 0) is 0 Å². The number of hydrogen-bond acceptors (Lipinski definition) is 2. The van der Waals surface area contributed by atoms with Crippen LogP contribution in [0.3, 0.4) is 0 Å². The molecule has 1 aliphatic heterocycles. The number of fused-ring (bicyclic) bond motifs is 1. The van der Waals surface area contributed by atoms with Gasteiger partial charge in [0, 0.05) is 16.7 Å². The topological polar surface area (TPSA) is 18.5 Å². The van der Waals surface area contributed by atoms with Gasteiger partial charge >= 0.3 is 0 Å². The second kappa shape index (κ2) is 6.14. The predicted octanol–water partition coefficient (Wildman–Crippen LogP) is 4.79. The molecule has 116 valence electrons. The van der Waals surface area contributed by atoms with Gasteiger partial charge in [-0.15, -0.1) is 0 Å². The highest BCUT2D eigenvalue weighted by atomic mass is 16.7. The summed E-state index contributed by atoms with van der Waals surface area (Å²) in [7, 11) is 0. The van der Waals surface area contributed by atoms with E-state index in [1.807, 2.05) is 48.5 Å². The zero-order valence-electron chi connectivity index (χ0n) is 13.4. The lowest BCUT2D eigenvalue weighted by Crippen LogP contribution is -1.93. The molecule has 3 aromatic carbocycles. The summed E-state index contributed by atoms with van der Waals surface area (Å²) in [4.78, 5) is 0. The summed E-state index contributed by atoms with van der Waals surface area (Å²) in [5, 5.41) is 0. The van der Waals surface area contributed by atoms with Gasteiger partial charge in [-0.3, -0.25) is 0 Å². The van der Waals surface area contributed by atoms with Crippen molar-refractivity contribution in [3.8, 4) is 34.5 Å². The molecule has 3 aromatic rings. The summed E-state index contributed by atoms with van der Waals surface area (Å²) in [5.41, 5.74) is 5.44. The SMILES string of the molecule is Cc1cccc(C#Cc2ccccc2)c1-c1ccc2c(c1)OCO2. The van der Waals surface area contributed by atoms with Gasteiger partial charge in [0.2, 0.25) is 6.79 Å². The average Bonchev–Trinajstić information content (AvgIpc) is 3.08. The van der Waals surface area contributed by atoms with Crippen LogP contribution in [0.1, 0.15) is 16.7 Å². The van der Waals surface area contributed by atoms with E-state index in [0.717, 1.165) is 33.8 Å². The fourth-order valence-corrected chi connectivity index (χ4v) is 2.87. The monoisotopic (exact) mass is 312 g/mol. The van der Waals surface area contributed by atoms with Crippen molar-refractivity contribution in [3.63, 3.8) is 0 Å². The molecular weight excluding hydrogens is 296 g/mol. The molecule has 0 aliphatic carbocycles. The van der Waals surface area contributed by atoms with Crippen molar-refractivity contribution < 1.29 is 9.47 Å². The fraction of sp³-hybridized carbons (Fsp3) is 0.0909. The molecule has 0 spiro atoms. The van der Waals surface area contributed by atoms with Crippen LogP contribution < -0.4 is 9.47 Å². The number of benzene rings is 3. The summed E-state index contributed by atoms with van der Waals surface area (Å²) in [6.07, 6.45) is 0. The van der Waals surface area contributed by atoms with E-state index in [-0.39, 0.29) is 6.79 Å². The standard InChI is InChI=1S/C22H16O2/c1-16-6-5-9-18(11-10-17-7-3-2-4-8-17)22(16)19-12-13-20-21(14-19)24-15-23-20/h2-9,12-14H,15H2,1H3. The Labute approximate surface area is 141 Å². The van der Waals surface area contributed by atoms with Crippen molar-refractivity contribution in [2.24, 2.45) is 0 Å². The molecule has 0 saturated carbocycles. The Hall–Kier alpha value is -3.18. The lowest BCUT2D eigenvalue weighted by Gasteiger charge is -2.10. The molecule has 2 nitrogen and oxygen atoms in total. The summed E-state index contributed by atoms with van der Waals surface area (Å²) in [5.74, 6) is 8.14. The third-order valence-electron chi connectivity index (χ3n) is 4.05. The van der Waals surface area contributed by atoms with Crippen molar-refractivity contribution in [1.29, 1.82) is 0 Å². The summed E-state index contributed by atoms with van der Waals surface area (Å²) < 4.78 is 10.9. The third-order valence-corrected chi connectivity index (χ3v) is 4.05. The van der Waals surface area contributed by atoms with E-state index in [4.69, 9.17) is 9.47 Å². The van der Waals surface area contributed by atoms with Crippen LogP contribution in [0.2, 0.25) is 0 Å². The molecule has 0 atom stereocenters. The molecule has 0 aromatic heterocycles. The number of hydrogen-bond donors (Lipinski definition) is 0. The van der Waals surface area contributed by atoms with E-state index in [0.29, 0.717) is 0 Å². The van der Waals surface area contributed by atoms with Crippen LogP contribution in [0.15, 0.2) is 66.7 Å². The first-order chi connectivity index (χ1) is 11.8. The molecule has 1 heterocycles. The maximum absolute atomic E-state index is 5.51. The van der Waals surface area contributed by atoms with Gasteiger partial charge in [-0.2, -0.15) is 0 Å². The van der Waals surface area contributed by atoms with Crippen LogP contribution in [0.4, 0.5) is 0 Å². The van der Waals surface area contributed by atoms with Crippen LogP contribution in [0.5, 0.6) is 11.5 Å². The fourth-order valence-electron chi connectivity index (χ4n) is 2.87. The molecule has 0 amide bonds. The Morgan fingerprint density at radius 2 is 1.62 bits per heavy atom. The molecule has 0 saturated heterocycles. The Bertz CT molecular complexity index is 947. The zero-order chi connectivity index (χ0) is 16.4. The van der Waals surface area contributed by atoms with Gasteiger partial charge < -0.3 is 9.47 Å². The highest BCUT2D eigenvalue weighted by molar-refractivity contribution is 5.76. The molecule has 0 radical (unpaired) electrons. The van der Waals surface area contributed by atoms with E-state index in [9.17, 15) is 0 Å². The zero-order valence-corrected chi connectivity index (χ0v) is 13.4. The highest BCUT2D eigenvalue weighted by Gasteiger charge is 2.15. The number of ether oxygens (including phenoxy) is 2. The van der Waals surface area contributed by atoms with E-state index < -0.39 is 0 Å². The molecule has 0 bridgehead atoms. The van der Waals surface area contributed by atoms with Gasteiger partial charge in [0.1, 0.15) is 0 Å². The second-order valence-corrected chi connectivity index (χ2v) is 5.68. The van der Waals surface area contributed by atoms with E-state index in [2.05, 4.69) is 37.0 Å². The van der Waals surface area contributed by atoms with Gasteiger partial charge in [0.25, 0.3) is 0 Å². The molecule has 4 rings (SSSR count). The van der Waals surface area contributed by atoms with E-state index >= 15 is 0 Å². The van der Waals surface area contributed by atoms with Crippen molar-refractivity contribution >= 4 is 0 Å². The Morgan fingerprint density at radius 1 is 0.792 bits per heavy atom. The molecule has 0 unspecified atom stereocenters. The predicted molar refractivity (Wildman–Crippen MR) is 95.2 cm³/mol.